The molecule has 0 saturated carbocycles. The zero-order chi connectivity index (χ0) is 16.2. The number of rotatable bonds is 5. The number of halogens is 3. The fraction of sp³-hybridized carbons (Fsp3) is 0.312. The lowest BCUT2D eigenvalue weighted by Gasteiger charge is -2.09. The summed E-state index contributed by atoms with van der Waals surface area (Å²) in [6, 6.07) is 8.82. The molecule has 6 heteroatoms. The van der Waals surface area contributed by atoms with Crippen molar-refractivity contribution in [2.75, 3.05) is 0 Å². The average Bonchev–Trinajstić information content (AvgIpc) is 2.92. The zero-order valence-corrected chi connectivity index (χ0v) is 12.9. The molecule has 0 unspecified atom stereocenters. The summed E-state index contributed by atoms with van der Waals surface area (Å²) in [4.78, 5) is 14.1. The molecule has 0 aliphatic carbocycles. The van der Waals surface area contributed by atoms with Crippen LogP contribution in [0.5, 0.6) is 0 Å². The molecule has 0 spiro atoms. The molecule has 1 N–H and O–H groups in total. The number of hydrogen-bond acceptors (Lipinski definition) is 2. The van der Waals surface area contributed by atoms with Gasteiger partial charge in [-0.25, -0.2) is 0 Å². The van der Waals surface area contributed by atoms with Gasteiger partial charge in [-0.1, -0.05) is 25.1 Å². The van der Waals surface area contributed by atoms with Crippen LogP contribution in [0, 0.1) is 0 Å². The standard InChI is InChI=1S/C16H16F3NOS/c1-2-13-6-7-14(22-13)10-20-15(21)9-11-4-3-5-12(8-11)16(17,18)19/h3-8H,2,9-10H2,1H3,(H,20,21). The van der Waals surface area contributed by atoms with E-state index in [0.717, 1.165) is 23.4 Å². The molecule has 0 atom stereocenters. The molecular formula is C16H16F3NOS. The number of aryl methyl sites for hydroxylation is 1. The first kappa shape index (κ1) is 16.5. The maximum atomic E-state index is 12.6. The van der Waals surface area contributed by atoms with Gasteiger partial charge in [-0.2, -0.15) is 13.2 Å². The van der Waals surface area contributed by atoms with Gasteiger partial charge in [0.05, 0.1) is 18.5 Å². The predicted octanol–water partition coefficient (Wildman–Crippen LogP) is 4.19. The minimum absolute atomic E-state index is 0.0596. The Morgan fingerprint density at radius 2 is 1.91 bits per heavy atom. The number of amides is 1. The van der Waals surface area contributed by atoms with E-state index in [1.54, 1.807) is 11.3 Å². The molecule has 1 aromatic carbocycles. The molecule has 0 aliphatic rings. The second-order valence-electron chi connectivity index (χ2n) is 4.87. The van der Waals surface area contributed by atoms with Gasteiger partial charge in [0.15, 0.2) is 0 Å². The Hall–Kier alpha value is -1.82. The van der Waals surface area contributed by atoms with E-state index in [-0.39, 0.29) is 12.3 Å². The Kier molecular flexibility index (Phi) is 5.24. The third-order valence-corrected chi connectivity index (χ3v) is 4.37. The Morgan fingerprint density at radius 3 is 2.55 bits per heavy atom. The molecule has 0 radical (unpaired) electrons. The molecule has 2 rings (SSSR count). The first-order valence-corrected chi connectivity index (χ1v) is 7.70. The number of alkyl halides is 3. The second kappa shape index (κ2) is 6.96. The quantitative estimate of drug-likeness (QED) is 0.876. The van der Waals surface area contributed by atoms with Gasteiger partial charge in [0.25, 0.3) is 0 Å². The largest absolute Gasteiger partial charge is 0.416 e. The molecule has 2 nitrogen and oxygen atoms in total. The van der Waals surface area contributed by atoms with Crippen LogP contribution >= 0.6 is 11.3 Å². The maximum absolute atomic E-state index is 12.6. The Labute approximate surface area is 131 Å². The fourth-order valence-electron chi connectivity index (χ4n) is 2.00. The van der Waals surface area contributed by atoms with Crippen molar-refractivity contribution in [3.05, 3.63) is 57.3 Å². The first-order valence-electron chi connectivity index (χ1n) is 6.89. The number of nitrogens with one attached hydrogen (secondary N) is 1. The van der Waals surface area contributed by atoms with E-state index in [2.05, 4.69) is 12.2 Å². The van der Waals surface area contributed by atoms with Crippen LogP contribution in [0.25, 0.3) is 0 Å². The number of carbonyl (C=O) groups is 1. The highest BCUT2D eigenvalue weighted by Crippen LogP contribution is 2.29. The van der Waals surface area contributed by atoms with Crippen LogP contribution in [0.2, 0.25) is 0 Å². The molecule has 0 bridgehead atoms. The van der Waals surface area contributed by atoms with Gasteiger partial charge in [-0.3, -0.25) is 4.79 Å². The van der Waals surface area contributed by atoms with E-state index >= 15 is 0 Å². The highest BCUT2D eigenvalue weighted by Gasteiger charge is 2.30. The van der Waals surface area contributed by atoms with Crippen molar-refractivity contribution in [3.8, 4) is 0 Å². The van der Waals surface area contributed by atoms with Crippen molar-refractivity contribution >= 4 is 17.2 Å². The summed E-state index contributed by atoms with van der Waals surface area (Å²) in [5.41, 5.74) is -0.378. The molecular weight excluding hydrogens is 311 g/mol. The monoisotopic (exact) mass is 327 g/mol. The summed E-state index contributed by atoms with van der Waals surface area (Å²) >= 11 is 1.62. The topological polar surface area (TPSA) is 29.1 Å². The summed E-state index contributed by atoms with van der Waals surface area (Å²) in [5, 5.41) is 2.73. The average molecular weight is 327 g/mol. The zero-order valence-electron chi connectivity index (χ0n) is 12.0. The molecule has 1 heterocycles. The summed E-state index contributed by atoms with van der Waals surface area (Å²) in [5.74, 6) is -0.286. The Bertz CT molecular complexity index is 649. The van der Waals surface area contributed by atoms with Crippen LogP contribution in [0.1, 0.15) is 27.8 Å². The summed E-state index contributed by atoms with van der Waals surface area (Å²) in [6.07, 6.45) is -3.50. The fourth-order valence-corrected chi connectivity index (χ4v) is 2.90. The van der Waals surface area contributed by atoms with E-state index in [9.17, 15) is 18.0 Å². The maximum Gasteiger partial charge on any atom is 0.416 e. The van der Waals surface area contributed by atoms with Gasteiger partial charge in [0.2, 0.25) is 5.91 Å². The molecule has 1 aromatic heterocycles. The van der Waals surface area contributed by atoms with E-state index in [1.807, 2.05) is 12.1 Å². The smallest absolute Gasteiger partial charge is 0.351 e. The van der Waals surface area contributed by atoms with E-state index in [1.165, 1.54) is 17.0 Å². The summed E-state index contributed by atoms with van der Waals surface area (Å²) in [6.45, 7) is 2.46. The van der Waals surface area contributed by atoms with E-state index in [0.29, 0.717) is 12.1 Å². The number of thiophene rings is 1. The predicted molar refractivity (Wildman–Crippen MR) is 80.7 cm³/mol. The van der Waals surface area contributed by atoms with Crippen LogP contribution in [0.3, 0.4) is 0 Å². The highest BCUT2D eigenvalue weighted by molar-refractivity contribution is 7.11. The number of benzene rings is 1. The highest BCUT2D eigenvalue weighted by atomic mass is 32.1. The molecule has 0 saturated heterocycles. The van der Waals surface area contributed by atoms with Crippen LogP contribution in [-0.2, 0) is 30.4 Å². The van der Waals surface area contributed by atoms with Crippen LogP contribution < -0.4 is 5.32 Å². The van der Waals surface area contributed by atoms with E-state index < -0.39 is 11.7 Å². The lowest BCUT2D eigenvalue weighted by Crippen LogP contribution is -2.24. The minimum Gasteiger partial charge on any atom is -0.351 e. The molecule has 0 fully saturated rings. The van der Waals surface area contributed by atoms with Gasteiger partial charge >= 0.3 is 6.18 Å². The van der Waals surface area contributed by atoms with Crippen LogP contribution in [-0.4, -0.2) is 5.91 Å². The Morgan fingerprint density at radius 1 is 1.18 bits per heavy atom. The molecule has 22 heavy (non-hydrogen) atoms. The Balaban J connectivity index is 1.92. The third kappa shape index (κ3) is 4.59. The summed E-state index contributed by atoms with van der Waals surface area (Å²) < 4.78 is 37.8. The number of carbonyl (C=O) groups excluding carboxylic acids is 1. The molecule has 1 amide bonds. The SMILES string of the molecule is CCc1ccc(CNC(=O)Cc2cccc(C(F)(F)F)c2)s1. The van der Waals surface area contributed by atoms with Crippen molar-refractivity contribution in [1.29, 1.82) is 0 Å². The van der Waals surface area contributed by atoms with Crippen molar-refractivity contribution in [1.82, 2.24) is 5.32 Å². The van der Waals surface area contributed by atoms with Crippen LogP contribution in [0.15, 0.2) is 36.4 Å². The molecule has 118 valence electrons. The van der Waals surface area contributed by atoms with Gasteiger partial charge < -0.3 is 5.32 Å². The van der Waals surface area contributed by atoms with Gasteiger partial charge in [0, 0.05) is 9.75 Å². The number of hydrogen-bond donors (Lipinski definition) is 1. The molecule has 0 aliphatic heterocycles. The molecule has 2 aromatic rings. The van der Waals surface area contributed by atoms with Gasteiger partial charge in [-0.05, 0) is 30.2 Å². The van der Waals surface area contributed by atoms with Crippen molar-refractivity contribution in [2.24, 2.45) is 0 Å². The normalized spacial score (nSPS) is 11.5. The second-order valence-corrected chi connectivity index (χ2v) is 6.13. The van der Waals surface area contributed by atoms with Crippen LogP contribution in [0.4, 0.5) is 13.2 Å². The minimum atomic E-state index is -4.39. The lowest BCUT2D eigenvalue weighted by molar-refractivity contribution is -0.137. The van der Waals surface area contributed by atoms with Gasteiger partial charge in [0.1, 0.15) is 0 Å². The lowest BCUT2D eigenvalue weighted by atomic mass is 10.1. The van der Waals surface area contributed by atoms with Crippen molar-refractivity contribution in [2.45, 2.75) is 32.5 Å². The van der Waals surface area contributed by atoms with E-state index in [4.69, 9.17) is 0 Å². The van der Waals surface area contributed by atoms with Crippen molar-refractivity contribution in [3.63, 3.8) is 0 Å². The third-order valence-electron chi connectivity index (χ3n) is 3.14. The van der Waals surface area contributed by atoms with Gasteiger partial charge in [-0.15, -0.1) is 11.3 Å². The summed E-state index contributed by atoms with van der Waals surface area (Å²) in [7, 11) is 0. The van der Waals surface area contributed by atoms with Crippen molar-refractivity contribution < 1.29 is 18.0 Å². The first-order chi connectivity index (χ1) is 10.4.